The fourth-order valence-corrected chi connectivity index (χ4v) is 3.85. The summed E-state index contributed by atoms with van der Waals surface area (Å²) < 4.78 is 44.2. The molecule has 0 spiro atoms. The van der Waals surface area contributed by atoms with E-state index in [2.05, 4.69) is 10.0 Å². The minimum absolute atomic E-state index is 0.0479. The van der Waals surface area contributed by atoms with Crippen LogP contribution >= 0.6 is 0 Å². The van der Waals surface area contributed by atoms with Crippen LogP contribution < -0.4 is 19.5 Å². The molecule has 150 valence electrons. The number of furan rings is 1. The van der Waals surface area contributed by atoms with Gasteiger partial charge >= 0.3 is 0 Å². The number of carbonyl (C=O) groups excluding carboxylic acids is 1. The van der Waals surface area contributed by atoms with Crippen LogP contribution in [0.4, 0.5) is 11.4 Å². The number of nitrogens with one attached hydrogen (secondary N) is 2. The number of fused-ring (bicyclic) bond motifs is 1. The first-order valence-electron chi connectivity index (χ1n) is 8.89. The molecule has 9 heteroatoms. The third-order valence-corrected chi connectivity index (χ3v) is 5.53. The highest BCUT2D eigenvalue weighted by Crippen LogP contribution is 2.32. The van der Waals surface area contributed by atoms with Crippen molar-refractivity contribution >= 4 is 27.3 Å². The maximum absolute atomic E-state index is 12.8. The van der Waals surface area contributed by atoms with Crippen molar-refractivity contribution in [2.45, 2.75) is 11.3 Å². The average Bonchev–Trinajstić information content (AvgIpc) is 3.13. The summed E-state index contributed by atoms with van der Waals surface area (Å²) in [6.07, 6.45) is 2.13. The zero-order valence-corrected chi connectivity index (χ0v) is 16.1. The topological polar surface area (TPSA) is 107 Å². The van der Waals surface area contributed by atoms with Crippen LogP contribution in [0.3, 0.4) is 0 Å². The Hall–Kier alpha value is -3.46. The van der Waals surface area contributed by atoms with Gasteiger partial charge in [0.05, 0.1) is 30.1 Å². The van der Waals surface area contributed by atoms with Gasteiger partial charge in [-0.1, -0.05) is 6.07 Å². The van der Waals surface area contributed by atoms with Gasteiger partial charge in [0.2, 0.25) is 0 Å². The normalized spacial score (nSPS) is 13.4. The van der Waals surface area contributed by atoms with Crippen molar-refractivity contribution in [1.82, 2.24) is 0 Å². The Morgan fingerprint density at radius 3 is 2.48 bits per heavy atom. The zero-order chi connectivity index (χ0) is 20.3. The SMILES string of the molecule is O=C(Nc1cccc(NS(=O)(=O)c2ccc3c(c2)OCCCO3)c1)c1ccco1. The molecule has 1 aromatic heterocycles. The van der Waals surface area contributed by atoms with Crippen molar-refractivity contribution < 1.29 is 27.1 Å². The van der Waals surface area contributed by atoms with Crippen LogP contribution in [-0.4, -0.2) is 27.5 Å². The first kappa shape index (κ1) is 18.9. The highest BCUT2D eigenvalue weighted by molar-refractivity contribution is 7.92. The largest absolute Gasteiger partial charge is 0.490 e. The number of amides is 1. The molecular formula is C20H18N2O6S. The van der Waals surface area contributed by atoms with Crippen molar-refractivity contribution in [2.75, 3.05) is 23.3 Å². The maximum Gasteiger partial charge on any atom is 0.291 e. The Labute approximate surface area is 167 Å². The van der Waals surface area contributed by atoms with Gasteiger partial charge in [-0.3, -0.25) is 9.52 Å². The van der Waals surface area contributed by atoms with E-state index in [0.717, 1.165) is 6.42 Å². The van der Waals surface area contributed by atoms with E-state index in [1.54, 1.807) is 30.3 Å². The predicted molar refractivity (Wildman–Crippen MR) is 106 cm³/mol. The zero-order valence-electron chi connectivity index (χ0n) is 15.3. The van der Waals surface area contributed by atoms with Gasteiger partial charge in [-0.25, -0.2) is 8.42 Å². The number of rotatable bonds is 5. The molecule has 2 aromatic carbocycles. The number of ether oxygens (including phenoxy) is 2. The molecule has 0 fully saturated rings. The van der Waals surface area contributed by atoms with Crippen LogP contribution in [0, 0.1) is 0 Å². The van der Waals surface area contributed by atoms with Crippen LogP contribution in [0.2, 0.25) is 0 Å². The molecule has 0 unspecified atom stereocenters. The van der Waals surface area contributed by atoms with Crippen molar-refractivity contribution in [3.8, 4) is 11.5 Å². The van der Waals surface area contributed by atoms with Gasteiger partial charge < -0.3 is 19.2 Å². The van der Waals surface area contributed by atoms with Gasteiger partial charge in [-0.2, -0.15) is 0 Å². The van der Waals surface area contributed by atoms with Crippen molar-refractivity contribution in [3.05, 3.63) is 66.6 Å². The van der Waals surface area contributed by atoms with Crippen LogP contribution in [-0.2, 0) is 10.0 Å². The fourth-order valence-electron chi connectivity index (χ4n) is 2.79. The third-order valence-electron chi connectivity index (χ3n) is 4.15. The van der Waals surface area contributed by atoms with Crippen LogP contribution in [0.5, 0.6) is 11.5 Å². The minimum atomic E-state index is -3.86. The molecule has 1 amide bonds. The average molecular weight is 414 g/mol. The summed E-state index contributed by atoms with van der Waals surface area (Å²) in [4.78, 5) is 12.1. The van der Waals surface area contributed by atoms with Crippen molar-refractivity contribution in [1.29, 1.82) is 0 Å². The van der Waals surface area contributed by atoms with E-state index < -0.39 is 15.9 Å². The van der Waals surface area contributed by atoms with Gasteiger partial charge in [0.25, 0.3) is 15.9 Å². The molecule has 0 bridgehead atoms. The molecule has 3 aromatic rings. The number of anilines is 2. The van der Waals surface area contributed by atoms with E-state index in [-0.39, 0.29) is 10.7 Å². The van der Waals surface area contributed by atoms with Crippen molar-refractivity contribution in [2.24, 2.45) is 0 Å². The molecule has 8 nitrogen and oxygen atoms in total. The number of benzene rings is 2. The van der Waals surface area contributed by atoms with Gasteiger partial charge in [0, 0.05) is 18.2 Å². The summed E-state index contributed by atoms with van der Waals surface area (Å²) in [5.74, 6) is 0.634. The van der Waals surface area contributed by atoms with Crippen molar-refractivity contribution in [3.63, 3.8) is 0 Å². The van der Waals surface area contributed by atoms with E-state index in [4.69, 9.17) is 13.9 Å². The Balaban J connectivity index is 1.52. The minimum Gasteiger partial charge on any atom is -0.490 e. The van der Waals surface area contributed by atoms with E-state index >= 15 is 0 Å². The smallest absolute Gasteiger partial charge is 0.291 e. The lowest BCUT2D eigenvalue weighted by atomic mass is 10.3. The summed E-state index contributed by atoms with van der Waals surface area (Å²) >= 11 is 0. The molecule has 1 aliphatic heterocycles. The maximum atomic E-state index is 12.8. The van der Waals surface area contributed by atoms with E-state index in [9.17, 15) is 13.2 Å². The summed E-state index contributed by atoms with van der Waals surface area (Å²) in [6, 6.07) is 14.0. The highest BCUT2D eigenvalue weighted by atomic mass is 32.2. The molecule has 2 heterocycles. The molecule has 4 rings (SSSR count). The van der Waals surface area contributed by atoms with Gasteiger partial charge in [-0.05, 0) is 42.5 Å². The second-order valence-corrected chi connectivity index (χ2v) is 7.96. The number of hydrogen-bond donors (Lipinski definition) is 2. The first-order valence-corrected chi connectivity index (χ1v) is 10.4. The number of sulfonamides is 1. The molecular weight excluding hydrogens is 396 g/mol. The quantitative estimate of drug-likeness (QED) is 0.662. The highest BCUT2D eigenvalue weighted by Gasteiger charge is 2.19. The predicted octanol–water partition coefficient (Wildman–Crippen LogP) is 3.49. The Bertz CT molecular complexity index is 1130. The lowest BCUT2D eigenvalue weighted by molar-refractivity contribution is 0.0996. The Kier molecular flexibility index (Phi) is 5.13. The third kappa shape index (κ3) is 4.35. The Morgan fingerprint density at radius 2 is 1.69 bits per heavy atom. The van der Waals surface area contributed by atoms with E-state index in [1.165, 1.54) is 30.5 Å². The molecule has 0 radical (unpaired) electrons. The monoisotopic (exact) mass is 414 g/mol. The second-order valence-electron chi connectivity index (χ2n) is 6.28. The second kappa shape index (κ2) is 7.88. The molecule has 0 saturated carbocycles. The van der Waals surface area contributed by atoms with E-state index in [1.807, 2.05) is 0 Å². The van der Waals surface area contributed by atoms with Crippen LogP contribution in [0.15, 0.2) is 70.2 Å². The summed E-state index contributed by atoms with van der Waals surface area (Å²) in [5, 5.41) is 2.65. The summed E-state index contributed by atoms with van der Waals surface area (Å²) in [5.41, 5.74) is 0.722. The van der Waals surface area contributed by atoms with Crippen LogP contribution in [0.1, 0.15) is 17.0 Å². The number of carbonyl (C=O) groups is 1. The molecule has 29 heavy (non-hydrogen) atoms. The molecule has 0 saturated heterocycles. The summed E-state index contributed by atoms with van der Waals surface area (Å²) in [7, 11) is -3.86. The summed E-state index contributed by atoms with van der Waals surface area (Å²) in [6.45, 7) is 0.981. The molecule has 1 aliphatic rings. The van der Waals surface area contributed by atoms with Gasteiger partial charge in [0.1, 0.15) is 0 Å². The van der Waals surface area contributed by atoms with Crippen LogP contribution in [0.25, 0.3) is 0 Å². The first-order chi connectivity index (χ1) is 14.0. The fraction of sp³-hybridized carbons (Fsp3) is 0.150. The standard InChI is InChI=1S/C20H18N2O6S/c23-20(18-6-2-9-27-18)21-14-4-1-5-15(12-14)22-29(24,25)16-7-8-17-19(13-16)28-11-3-10-26-17/h1-2,4-9,12-13,22H,3,10-11H2,(H,21,23). The molecule has 0 aliphatic carbocycles. The lowest BCUT2D eigenvalue weighted by Gasteiger charge is -2.12. The molecule has 0 atom stereocenters. The lowest BCUT2D eigenvalue weighted by Crippen LogP contribution is -2.14. The Morgan fingerprint density at radius 1 is 0.897 bits per heavy atom. The van der Waals surface area contributed by atoms with E-state index in [0.29, 0.717) is 36.1 Å². The molecule has 2 N–H and O–H groups in total. The van der Waals surface area contributed by atoms with Gasteiger partial charge in [-0.15, -0.1) is 0 Å². The van der Waals surface area contributed by atoms with Gasteiger partial charge in [0.15, 0.2) is 17.3 Å². The number of hydrogen-bond acceptors (Lipinski definition) is 6.